The van der Waals surface area contributed by atoms with Crippen LogP contribution in [0.2, 0.25) is 5.02 Å². The molecule has 0 fully saturated rings. The molecule has 0 radical (unpaired) electrons. The van der Waals surface area contributed by atoms with E-state index in [0.717, 1.165) is 5.56 Å². The minimum absolute atomic E-state index is 0.0429. The van der Waals surface area contributed by atoms with Gasteiger partial charge < -0.3 is 0 Å². The Balaban J connectivity index is 2.05. The Morgan fingerprint density at radius 3 is 2.89 bits per heavy atom. The summed E-state index contributed by atoms with van der Waals surface area (Å²) in [5.41, 5.74) is 1.15. The van der Waals surface area contributed by atoms with Gasteiger partial charge in [-0.3, -0.25) is 9.48 Å². The van der Waals surface area contributed by atoms with Gasteiger partial charge in [-0.15, -0.1) is 0 Å². The third-order valence-electron chi connectivity index (χ3n) is 2.58. The average molecular weight is 267 g/mol. The molecule has 0 atom stereocenters. The van der Waals surface area contributed by atoms with Gasteiger partial charge in [-0.05, 0) is 17.2 Å². The Morgan fingerprint density at radius 1 is 1.44 bits per heavy atom. The van der Waals surface area contributed by atoms with Gasteiger partial charge in [0.15, 0.2) is 0 Å². The molecule has 94 valence electrons. The minimum Gasteiger partial charge on any atom is -0.299 e. The van der Waals surface area contributed by atoms with Crippen LogP contribution in [0.4, 0.5) is 4.39 Å². The molecule has 0 aliphatic heterocycles. The second-order valence-corrected chi connectivity index (χ2v) is 4.53. The molecule has 0 spiro atoms. The predicted octanol–water partition coefficient (Wildman–Crippen LogP) is 2.57. The summed E-state index contributed by atoms with van der Waals surface area (Å²) in [6.45, 7) is 0. The van der Waals surface area contributed by atoms with Gasteiger partial charge in [0, 0.05) is 26.1 Å². The van der Waals surface area contributed by atoms with Crippen molar-refractivity contribution in [3.63, 3.8) is 0 Å². The topological polar surface area (TPSA) is 34.9 Å². The fourth-order valence-electron chi connectivity index (χ4n) is 1.75. The zero-order chi connectivity index (χ0) is 13.1. The molecule has 18 heavy (non-hydrogen) atoms. The second kappa shape index (κ2) is 5.31. The van der Waals surface area contributed by atoms with Crippen molar-refractivity contribution < 1.29 is 9.18 Å². The number of nitrogens with zero attached hydrogens (tertiary/aromatic N) is 2. The monoisotopic (exact) mass is 266 g/mol. The fraction of sp³-hybridized carbons (Fsp3) is 0.231. The van der Waals surface area contributed by atoms with Crippen LogP contribution in [0, 0.1) is 5.82 Å². The van der Waals surface area contributed by atoms with Crippen molar-refractivity contribution in [1.82, 2.24) is 9.78 Å². The number of hydrogen-bond donors (Lipinski definition) is 0. The normalized spacial score (nSPS) is 10.6. The van der Waals surface area contributed by atoms with Crippen LogP contribution in [0.15, 0.2) is 30.6 Å². The summed E-state index contributed by atoms with van der Waals surface area (Å²) in [7, 11) is 1.78. The number of benzene rings is 1. The number of Topliss-reactive ketones (excluding diaryl/α,β-unsaturated/α-hetero) is 1. The lowest BCUT2D eigenvalue weighted by atomic mass is 10.0. The highest BCUT2D eigenvalue weighted by molar-refractivity contribution is 6.30. The quantitative estimate of drug-likeness (QED) is 0.852. The highest BCUT2D eigenvalue weighted by Crippen LogP contribution is 2.18. The number of halogens is 2. The van der Waals surface area contributed by atoms with E-state index in [-0.39, 0.29) is 23.6 Å². The number of rotatable bonds is 4. The maximum atomic E-state index is 13.6. The second-order valence-electron chi connectivity index (χ2n) is 4.13. The first-order chi connectivity index (χ1) is 8.56. The van der Waals surface area contributed by atoms with E-state index in [1.54, 1.807) is 36.3 Å². The summed E-state index contributed by atoms with van der Waals surface area (Å²) >= 11 is 5.66. The van der Waals surface area contributed by atoms with Gasteiger partial charge in [-0.2, -0.15) is 5.10 Å². The largest absolute Gasteiger partial charge is 0.299 e. The molecule has 1 heterocycles. The van der Waals surface area contributed by atoms with E-state index in [4.69, 9.17) is 11.6 Å². The van der Waals surface area contributed by atoms with Crippen LogP contribution in [-0.2, 0) is 24.7 Å². The predicted molar refractivity (Wildman–Crippen MR) is 67.0 cm³/mol. The Bertz CT molecular complexity index is 580. The summed E-state index contributed by atoms with van der Waals surface area (Å²) in [6, 6.07) is 4.67. The van der Waals surface area contributed by atoms with Crippen molar-refractivity contribution in [3.05, 3.63) is 52.6 Å². The number of aryl methyl sites for hydroxylation is 1. The molecule has 2 rings (SSSR count). The first-order valence-electron chi connectivity index (χ1n) is 5.48. The third kappa shape index (κ3) is 2.96. The lowest BCUT2D eigenvalue weighted by Gasteiger charge is -2.03. The molecule has 2 aromatic rings. The van der Waals surface area contributed by atoms with E-state index in [0.29, 0.717) is 5.56 Å². The van der Waals surface area contributed by atoms with Crippen LogP contribution in [-0.4, -0.2) is 15.6 Å². The molecule has 0 aliphatic rings. The molecular weight excluding hydrogens is 255 g/mol. The minimum atomic E-state index is -0.515. The van der Waals surface area contributed by atoms with Crippen LogP contribution in [0.3, 0.4) is 0 Å². The molecule has 0 saturated carbocycles. The van der Waals surface area contributed by atoms with E-state index in [9.17, 15) is 9.18 Å². The Labute approximate surface area is 109 Å². The van der Waals surface area contributed by atoms with Crippen molar-refractivity contribution >= 4 is 17.4 Å². The molecule has 1 aromatic heterocycles. The third-order valence-corrected chi connectivity index (χ3v) is 2.87. The number of hydrogen-bond acceptors (Lipinski definition) is 2. The van der Waals surface area contributed by atoms with Gasteiger partial charge in [0.05, 0.1) is 11.2 Å². The van der Waals surface area contributed by atoms with Crippen molar-refractivity contribution in [3.8, 4) is 0 Å². The van der Waals surface area contributed by atoms with Gasteiger partial charge in [-0.1, -0.05) is 23.7 Å². The summed E-state index contributed by atoms with van der Waals surface area (Å²) < 4.78 is 15.2. The van der Waals surface area contributed by atoms with E-state index in [1.807, 2.05) is 0 Å². The van der Waals surface area contributed by atoms with Gasteiger partial charge >= 0.3 is 0 Å². The molecule has 5 heteroatoms. The lowest BCUT2D eigenvalue weighted by Crippen LogP contribution is -2.07. The van der Waals surface area contributed by atoms with Gasteiger partial charge in [-0.25, -0.2) is 4.39 Å². The van der Waals surface area contributed by atoms with E-state index in [2.05, 4.69) is 5.10 Å². The number of aromatic nitrogens is 2. The van der Waals surface area contributed by atoms with Crippen LogP contribution in [0.1, 0.15) is 11.1 Å². The SMILES string of the molecule is Cn1cc(CC(=O)Cc2cccc(Cl)c2F)cn1. The van der Waals surface area contributed by atoms with Crippen molar-refractivity contribution in [2.24, 2.45) is 7.05 Å². The number of carbonyl (C=O) groups is 1. The molecule has 0 amide bonds. The summed E-state index contributed by atoms with van der Waals surface area (Å²) in [5.74, 6) is -0.581. The first kappa shape index (κ1) is 12.8. The van der Waals surface area contributed by atoms with Crippen LogP contribution in [0.25, 0.3) is 0 Å². The van der Waals surface area contributed by atoms with Crippen LogP contribution in [0.5, 0.6) is 0 Å². The van der Waals surface area contributed by atoms with E-state index >= 15 is 0 Å². The first-order valence-corrected chi connectivity index (χ1v) is 5.86. The molecular formula is C13H12ClFN2O. The Hall–Kier alpha value is -1.68. The Morgan fingerprint density at radius 2 is 2.22 bits per heavy atom. The molecule has 0 saturated heterocycles. The van der Waals surface area contributed by atoms with Crippen LogP contribution >= 0.6 is 11.6 Å². The Kier molecular flexibility index (Phi) is 3.77. The molecule has 0 aliphatic carbocycles. The van der Waals surface area contributed by atoms with Gasteiger partial charge in [0.25, 0.3) is 0 Å². The maximum Gasteiger partial charge on any atom is 0.145 e. The smallest absolute Gasteiger partial charge is 0.145 e. The van der Waals surface area contributed by atoms with Gasteiger partial charge in [0.2, 0.25) is 0 Å². The molecule has 0 bridgehead atoms. The van der Waals surface area contributed by atoms with Crippen molar-refractivity contribution in [2.75, 3.05) is 0 Å². The van der Waals surface area contributed by atoms with E-state index < -0.39 is 5.82 Å². The molecule has 3 nitrogen and oxygen atoms in total. The highest BCUT2D eigenvalue weighted by atomic mass is 35.5. The zero-order valence-electron chi connectivity index (χ0n) is 9.86. The standard InChI is InChI=1S/C13H12ClFN2O/c1-17-8-9(7-16-17)5-11(18)6-10-3-2-4-12(14)13(10)15/h2-4,7-8H,5-6H2,1H3. The lowest BCUT2D eigenvalue weighted by molar-refractivity contribution is -0.117. The van der Waals surface area contributed by atoms with Gasteiger partial charge in [0.1, 0.15) is 11.6 Å². The fourth-order valence-corrected chi connectivity index (χ4v) is 1.94. The average Bonchev–Trinajstić information content (AvgIpc) is 2.70. The molecule has 0 N–H and O–H groups in total. The number of carbonyl (C=O) groups excluding carboxylic acids is 1. The van der Waals surface area contributed by atoms with E-state index in [1.165, 1.54) is 6.07 Å². The van der Waals surface area contributed by atoms with Crippen molar-refractivity contribution in [1.29, 1.82) is 0 Å². The number of ketones is 1. The maximum absolute atomic E-state index is 13.6. The zero-order valence-corrected chi connectivity index (χ0v) is 10.6. The summed E-state index contributed by atoms with van der Waals surface area (Å²) in [5, 5.41) is 4.02. The summed E-state index contributed by atoms with van der Waals surface area (Å²) in [4.78, 5) is 11.8. The highest BCUT2D eigenvalue weighted by Gasteiger charge is 2.11. The summed E-state index contributed by atoms with van der Waals surface area (Å²) in [6.07, 6.45) is 3.69. The molecule has 0 unspecified atom stereocenters. The molecule has 1 aromatic carbocycles. The van der Waals surface area contributed by atoms with Crippen molar-refractivity contribution in [2.45, 2.75) is 12.8 Å². The van der Waals surface area contributed by atoms with Crippen LogP contribution < -0.4 is 0 Å².